The van der Waals surface area contributed by atoms with Gasteiger partial charge in [0.2, 0.25) is 5.91 Å². The molecule has 2 saturated heterocycles. The van der Waals surface area contributed by atoms with E-state index in [1.807, 2.05) is 0 Å². The number of rotatable bonds is 2. The number of hydroxylamine groups is 2. The fraction of sp³-hybridized carbons (Fsp3) is 0.190. The van der Waals surface area contributed by atoms with Crippen LogP contribution in [-0.2, 0) is 14.4 Å². The fourth-order valence-electron chi connectivity index (χ4n) is 4.14. The summed E-state index contributed by atoms with van der Waals surface area (Å²) in [5.74, 6) is -1.97. The molecule has 3 atom stereocenters. The molecule has 1 aromatic heterocycles. The third kappa shape index (κ3) is 2.70. The van der Waals surface area contributed by atoms with E-state index < -0.39 is 29.9 Å². The van der Waals surface area contributed by atoms with Crippen LogP contribution in [0.2, 0.25) is 10.0 Å². The summed E-state index contributed by atoms with van der Waals surface area (Å²) < 4.78 is 5.61. The fourth-order valence-corrected chi connectivity index (χ4v) is 4.63. The summed E-state index contributed by atoms with van der Waals surface area (Å²) in [6.07, 6.45) is 0.262. The molecule has 2 amide bonds. The number of nitrogens with zero attached hydrogens (tertiary/aromatic N) is 2. The molecule has 0 N–H and O–H groups in total. The molecule has 2 aromatic carbocycles. The number of hydrogen-bond acceptors (Lipinski definition) is 6. The lowest BCUT2D eigenvalue weighted by atomic mass is 9.91. The number of amides is 2. The molecule has 2 aliphatic rings. The van der Waals surface area contributed by atoms with Crippen LogP contribution in [0.3, 0.4) is 0 Å². The minimum atomic E-state index is -1.06. The highest BCUT2D eigenvalue weighted by atomic mass is 35.5. The highest BCUT2D eigenvalue weighted by Gasteiger charge is 2.60. The molecule has 0 bridgehead atoms. The topological polar surface area (TPSA) is 80.1 Å². The second kappa shape index (κ2) is 6.92. The smallest absolute Gasteiger partial charge is 0.266 e. The Kier molecular flexibility index (Phi) is 4.44. The molecule has 0 saturated carbocycles. The lowest BCUT2D eigenvalue weighted by molar-refractivity contribution is -0.160. The van der Waals surface area contributed by atoms with Gasteiger partial charge in [0.15, 0.2) is 11.5 Å². The summed E-state index contributed by atoms with van der Waals surface area (Å²) in [6, 6.07) is 10.5. The van der Waals surface area contributed by atoms with E-state index in [9.17, 15) is 14.4 Å². The summed E-state index contributed by atoms with van der Waals surface area (Å²) >= 11 is 12.2. The first kappa shape index (κ1) is 19.3. The first-order valence-electron chi connectivity index (χ1n) is 9.11. The van der Waals surface area contributed by atoms with Crippen molar-refractivity contribution in [1.82, 2.24) is 5.06 Å². The summed E-state index contributed by atoms with van der Waals surface area (Å²) in [6.45, 7) is 0. The SMILES string of the molecule is CN1O[C@H]2C(=O)N(c3ccc(Cl)cc3Cl)C(=O)[C@@H]2[C@H]1c1coc2ccccc2c1=O. The molecule has 2 fully saturated rings. The third-order valence-electron chi connectivity index (χ3n) is 5.48. The van der Waals surface area contributed by atoms with Crippen molar-refractivity contribution < 1.29 is 18.8 Å². The zero-order valence-electron chi connectivity index (χ0n) is 15.5. The Bertz CT molecular complexity index is 1270. The number of hydrogen-bond donors (Lipinski definition) is 0. The Morgan fingerprint density at radius 1 is 1.00 bits per heavy atom. The predicted molar refractivity (Wildman–Crippen MR) is 110 cm³/mol. The standard InChI is InChI=1S/C21H14Cl2N2O5/c1-24-17(12-9-29-15-5-3-2-4-11(15)18(12)26)16-19(30-24)21(28)25(20(16)27)14-7-6-10(22)8-13(14)23/h2-9,16-17,19H,1H3/t16-,17-,19-/m1/s1. The minimum absolute atomic E-state index is 0.166. The molecule has 5 rings (SSSR count). The van der Waals surface area contributed by atoms with Gasteiger partial charge in [-0.25, -0.2) is 4.90 Å². The minimum Gasteiger partial charge on any atom is -0.464 e. The van der Waals surface area contributed by atoms with E-state index in [1.165, 1.54) is 23.5 Å². The zero-order valence-corrected chi connectivity index (χ0v) is 17.1. The summed E-state index contributed by atoms with van der Waals surface area (Å²) in [5, 5.41) is 2.30. The second-order valence-corrected chi connectivity index (χ2v) is 8.01. The van der Waals surface area contributed by atoms with Crippen molar-refractivity contribution in [3.05, 3.63) is 74.6 Å². The molecule has 152 valence electrons. The highest BCUT2D eigenvalue weighted by molar-refractivity contribution is 6.38. The highest BCUT2D eigenvalue weighted by Crippen LogP contribution is 2.45. The van der Waals surface area contributed by atoms with Gasteiger partial charge in [-0.15, -0.1) is 0 Å². The van der Waals surface area contributed by atoms with E-state index in [0.29, 0.717) is 16.0 Å². The summed E-state index contributed by atoms with van der Waals surface area (Å²) in [7, 11) is 1.58. The van der Waals surface area contributed by atoms with Gasteiger partial charge in [0.25, 0.3) is 5.91 Å². The molecule has 0 unspecified atom stereocenters. The molecule has 9 heteroatoms. The van der Waals surface area contributed by atoms with Gasteiger partial charge in [-0.3, -0.25) is 19.2 Å². The second-order valence-electron chi connectivity index (χ2n) is 7.17. The Labute approximate surface area is 180 Å². The van der Waals surface area contributed by atoms with Crippen molar-refractivity contribution in [1.29, 1.82) is 0 Å². The maximum Gasteiger partial charge on any atom is 0.266 e. The van der Waals surface area contributed by atoms with Gasteiger partial charge in [-0.2, -0.15) is 5.06 Å². The summed E-state index contributed by atoms with van der Waals surface area (Å²) in [5.41, 5.74) is 0.629. The molecule has 0 aliphatic carbocycles. The van der Waals surface area contributed by atoms with Gasteiger partial charge in [0.1, 0.15) is 5.58 Å². The van der Waals surface area contributed by atoms with Crippen LogP contribution in [0, 0.1) is 5.92 Å². The maximum absolute atomic E-state index is 13.3. The van der Waals surface area contributed by atoms with Gasteiger partial charge in [0.05, 0.1) is 39.9 Å². The van der Waals surface area contributed by atoms with Crippen LogP contribution < -0.4 is 10.3 Å². The van der Waals surface area contributed by atoms with Crippen LogP contribution in [-0.4, -0.2) is 30.0 Å². The number of benzene rings is 2. The average molecular weight is 445 g/mol. The monoisotopic (exact) mass is 444 g/mol. The van der Waals surface area contributed by atoms with Crippen LogP contribution in [0.15, 0.2) is 57.9 Å². The number of imide groups is 1. The molecule has 0 radical (unpaired) electrons. The summed E-state index contributed by atoms with van der Waals surface area (Å²) in [4.78, 5) is 46.1. The Morgan fingerprint density at radius 3 is 2.53 bits per heavy atom. The van der Waals surface area contributed by atoms with Crippen molar-refractivity contribution in [3.63, 3.8) is 0 Å². The van der Waals surface area contributed by atoms with Crippen LogP contribution in [0.1, 0.15) is 11.6 Å². The lowest BCUT2D eigenvalue weighted by Crippen LogP contribution is -2.37. The lowest BCUT2D eigenvalue weighted by Gasteiger charge is -2.24. The number of carbonyl (C=O) groups is 2. The average Bonchev–Trinajstić information content (AvgIpc) is 3.17. The molecule has 7 nitrogen and oxygen atoms in total. The van der Waals surface area contributed by atoms with E-state index >= 15 is 0 Å². The molecular weight excluding hydrogens is 431 g/mol. The van der Waals surface area contributed by atoms with Gasteiger partial charge < -0.3 is 4.42 Å². The number of fused-ring (bicyclic) bond motifs is 2. The van der Waals surface area contributed by atoms with E-state index in [1.54, 1.807) is 37.4 Å². The van der Waals surface area contributed by atoms with E-state index in [4.69, 9.17) is 32.5 Å². The Morgan fingerprint density at radius 2 is 1.77 bits per heavy atom. The zero-order chi connectivity index (χ0) is 21.2. The molecular formula is C21H14Cl2N2O5. The number of anilines is 1. The number of carbonyl (C=O) groups excluding carboxylic acids is 2. The van der Waals surface area contributed by atoms with Crippen molar-refractivity contribution in [2.75, 3.05) is 11.9 Å². The maximum atomic E-state index is 13.3. The van der Waals surface area contributed by atoms with Crippen molar-refractivity contribution in [2.45, 2.75) is 12.1 Å². The quantitative estimate of drug-likeness (QED) is 0.562. The van der Waals surface area contributed by atoms with Gasteiger partial charge in [-0.1, -0.05) is 35.3 Å². The number of para-hydroxylation sites is 1. The van der Waals surface area contributed by atoms with E-state index in [-0.39, 0.29) is 21.7 Å². The largest absolute Gasteiger partial charge is 0.464 e. The number of halogens is 2. The van der Waals surface area contributed by atoms with Crippen molar-refractivity contribution in [2.24, 2.45) is 5.92 Å². The third-order valence-corrected chi connectivity index (χ3v) is 6.02. The van der Waals surface area contributed by atoms with Gasteiger partial charge in [-0.05, 0) is 30.3 Å². The van der Waals surface area contributed by atoms with Crippen LogP contribution >= 0.6 is 23.2 Å². The van der Waals surface area contributed by atoms with E-state index in [2.05, 4.69) is 0 Å². The van der Waals surface area contributed by atoms with Crippen LogP contribution in [0.25, 0.3) is 11.0 Å². The first-order valence-corrected chi connectivity index (χ1v) is 9.87. The molecule has 2 aliphatic heterocycles. The van der Waals surface area contributed by atoms with E-state index in [0.717, 1.165) is 4.90 Å². The van der Waals surface area contributed by atoms with Crippen molar-refractivity contribution in [3.8, 4) is 0 Å². The normalized spacial score (nSPS) is 24.1. The Hall–Kier alpha value is -2.71. The Balaban J connectivity index is 1.60. The molecule has 3 aromatic rings. The predicted octanol–water partition coefficient (Wildman–Crippen LogP) is 3.58. The molecule has 0 spiro atoms. The first-order chi connectivity index (χ1) is 14.4. The molecule has 30 heavy (non-hydrogen) atoms. The molecule has 3 heterocycles. The van der Waals surface area contributed by atoms with Gasteiger partial charge in [0, 0.05) is 12.1 Å². The van der Waals surface area contributed by atoms with Crippen LogP contribution in [0.5, 0.6) is 0 Å². The van der Waals surface area contributed by atoms with Gasteiger partial charge >= 0.3 is 0 Å². The van der Waals surface area contributed by atoms with Crippen molar-refractivity contribution >= 4 is 51.7 Å². The van der Waals surface area contributed by atoms with Crippen LogP contribution in [0.4, 0.5) is 5.69 Å².